The van der Waals surface area contributed by atoms with Crippen LogP contribution in [0.1, 0.15) is 6.92 Å². The van der Waals surface area contributed by atoms with Gasteiger partial charge in [0.1, 0.15) is 12.4 Å². The van der Waals surface area contributed by atoms with Crippen LogP contribution in [-0.4, -0.2) is 12.4 Å². The first-order chi connectivity index (χ1) is 5.29. The van der Waals surface area contributed by atoms with E-state index in [2.05, 4.69) is 0 Å². The summed E-state index contributed by atoms with van der Waals surface area (Å²) in [7, 11) is 0. The third-order valence-electron chi connectivity index (χ3n) is 1.63. The van der Waals surface area contributed by atoms with E-state index in [1.807, 2.05) is 37.3 Å². The van der Waals surface area contributed by atoms with Gasteiger partial charge in [-0.25, -0.2) is 0 Å². The molecule has 0 N–H and O–H groups in total. The van der Waals surface area contributed by atoms with Gasteiger partial charge in [0, 0.05) is 6.92 Å². The van der Waals surface area contributed by atoms with Crippen LogP contribution in [0.2, 0.25) is 0 Å². The van der Waals surface area contributed by atoms with E-state index >= 15 is 0 Å². The molecule has 0 saturated carbocycles. The van der Waals surface area contributed by atoms with Gasteiger partial charge in [0.05, 0.1) is 0 Å². The van der Waals surface area contributed by atoms with Gasteiger partial charge in [-0.3, -0.25) is 0 Å². The molecule has 1 aromatic rings. The van der Waals surface area contributed by atoms with Crippen LogP contribution in [0.4, 0.5) is 0 Å². The minimum absolute atomic E-state index is 0.346. The average Bonchev–Trinajstić information content (AvgIpc) is 2.70. The minimum atomic E-state index is -0.346. The van der Waals surface area contributed by atoms with Crippen LogP contribution in [0.5, 0.6) is 5.75 Å². The number of hydrogen-bond acceptors (Lipinski definition) is 2. The van der Waals surface area contributed by atoms with E-state index in [1.54, 1.807) is 0 Å². The predicted octanol–water partition coefficient (Wildman–Crippen LogP) is 1.81. The van der Waals surface area contributed by atoms with Gasteiger partial charge in [-0.2, -0.15) is 0 Å². The molecule has 1 aliphatic heterocycles. The fourth-order valence-corrected chi connectivity index (χ4v) is 0.898. The summed E-state index contributed by atoms with van der Waals surface area (Å²) < 4.78 is 10.6. The Morgan fingerprint density at radius 2 is 2.00 bits per heavy atom. The van der Waals surface area contributed by atoms with Crippen molar-refractivity contribution in [2.24, 2.45) is 0 Å². The lowest BCUT2D eigenvalue weighted by Gasteiger charge is -2.08. The van der Waals surface area contributed by atoms with Crippen LogP contribution in [0.25, 0.3) is 0 Å². The molecule has 1 fully saturated rings. The Kier molecular flexibility index (Phi) is 1.36. The first-order valence-corrected chi connectivity index (χ1v) is 3.67. The molecular formula is C9H10O2. The first kappa shape index (κ1) is 6.68. The number of benzene rings is 1. The van der Waals surface area contributed by atoms with Crippen molar-refractivity contribution in [3.63, 3.8) is 0 Å². The van der Waals surface area contributed by atoms with Crippen molar-refractivity contribution in [2.45, 2.75) is 12.7 Å². The smallest absolute Gasteiger partial charge is 0.231 e. The van der Waals surface area contributed by atoms with E-state index in [1.165, 1.54) is 0 Å². The lowest BCUT2D eigenvalue weighted by Crippen LogP contribution is -2.14. The highest BCUT2D eigenvalue weighted by Crippen LogP contribution is 2.29. The summed E-state index contributed by atoms with van der Waals surface area (Å²) in [6.45, 7) is 2.63. The zero-order valence-corrected chi connectivity index (χ0v) is 6.41. The molecule has 1 aliphatic rings. The molecule has 2 rings (SSSR count). The van der Waals surface area contributed by atoms with Gasteiger partial charge in [-0.15, -0.1) is 0 Å². The molecule has 1 atom stereocenters. The Balaban J connectivity index is 2.07. The molecule has 0 aliphatic carbocycles. The van der Waals surface area contributed by atoms with Gasteiger partial charge in [-0.05, 0) is 12.1 Å². The van der Waals surface area contributed by atoms with Crippen molar-refractivity contribution in [2.75, 3.05) is 6.61 Å². The fraction of sp³-hybridized carbons (Fsp3) is 0.333. The second-order valence-electron chi connectivity index (χ2n) is 2.84. The van der Waals surface area contributed by atoms with Crippen LogP contribution in [-0.2, 0) is 4.74 Å². The van der Waals surface area contributed by atoms with Gasteiger partial charge < -0.3 is 9.47 Å². The molecule has 2 nitrogen and oxygen atoms in total. The largest absolute Gasteiger partial charge is 0.460 e. The monoisotopic (exact) mass is 150 g/mol. The Labute approximate surface area is 65.7 Å². The summed E-state index contributed by atoms with van der Waals surface area (Å²) in [5, 5.41) is 0. The molecule has 0 amide bonds. The molecule has 1 saturated heterocycles. The summed E-state index contributed by atoms with van der Waals surface area (Å²) >= 11 is 0. The second kappa shape index (κ2) is 2.24. The molecule has 0 unspecified atom stereocenters. The zero-order valence-electron chi connectivity index (χ0n) is 6.41. The van der Waals surface area contributed by atoms with Crippen molar-refractivity contribution in [3.05, 3.63) is 30.3 Å². The number of ether oxygens (including phenoxy) is 2. The third kappa shape index (κ3) is 1.52. The predicted molar refractivity (Wildman–Crippen MR) is 41.4 cm³/mol. The molecule has 1 heterocycles. The maximum absolute atomic E-state index is 5.49. The summed E-state index contributed by atoms with van der Waals surface area (Å²) in [5.74, 6) is 0.522. The summed E-state index contributed by atoms with van der Waals surface area (Å²) in [6.07, 6.45) is 0. The molecule has 0 spiro atoms. The Morgan fingerprint density at radius 1 is 1.36 bits per heavy atom. The summed E-state index contributed by atoms with van der Waals surface area (Å²) in [6, 6.07) is 9.70. The highest BCUT2D eigenvalue weighted by atomic mass is 16.8. The van der Waals surface area contributed by atoms with Crippen LogP contribution in [0.15, 0.2) is 30.3 Å². The Morgan fingerprint density at radius 3 is 2.55 bits per heavy atom. The van der Waals surface area contributed by atoms with Crippen LogP contribution in [0.3, 0.4) is 0 Å². The average molecular weight is 150 g/mol. The van der Waals surface area contributed by atoms with Gasteiger partial charge in [0.15, 0.2) is 0 Å². The Bertz CT molecular complexity index is 239. The van der Waals surface area contributed by atoms with E-state index in [0.717, 1.165) is 5.75 Å². The maximum atomic E-state index is 5.49. The lowest BCUT2D eigenvalue weighted by atomic mass is 10.3. The molecule has 0 bridgehead atoms. The van der Waals surface area contributed by atoms with E-state index < -0.39 is 0 Å². The van der Waals surface area contributed by atoms with Crippen LogP contribution in [0, 0.1) is 0 Å². The first-order valence-electron chi connectivity index (χ1n) is 3.67. The lowest BCUT2D eigenvalue weighted by molar-refractivity contribution is 0.0803. The molecular weight excluding hydrogens is 140 g/mol. The van der Waals surface area contributed by atoms with Crippen LogP contribution < -0.4 is 4.74 Å². The van der Waals surface area contributed by atoms with Crippen LogP contribution >= 0.6 is 0 Å². The van der Waals surface area contributed by atoms with Gasteiger partial charge in [0.2, 0.25) is 5.79 Å². The van der Waals surface area contributed by atoms with Gasteiger partial charge in [-0.1, -0.05) is 18.2 Å². The topological polar surface area (TPSA) is 21.8 Å². The SMILES string of the molecule is C[C@]1(Oc2ccccc2)CO1. The highest BCUT2D eigenvalue weighted by Gasteiger charge is 2.42. The number of hydrogen-bond donors (Lipinski definition) is 0. The van der Waals surface area contributed by atoms with E-state index in [-0.39, 0.29) is 5.79 Å². The third-order valence-corrected chi connectivity index (χ3v) is 1.63. The maximum Gasteiger partial charge on any atom is 0.231 e. The standard InChI is InChI=1S/C9H10O2/c1-9(7-10-9)11-8-5-3-2-4-6-8/h2-6H,7H2,1H3/t9-/m0/s1. The Hall–Kier alpha value is -1.02. The van der Waals surface area contributed by atoms with E-state index in [0.29, 0.717) is 6.61 Å². The second-order valence-corrected chi connectivity index (χ2v) is 2.84. The zero-order chi connectivity index (χ0) is 7.73. The number of epoxide rings is 1. The van der Waals surface area contributed by atoms with Crippen molar-refractivity contribution >= 4 is 0 Å². The van der Waals surface area contributed by atoms with Crippen molar-refractivity contribution < 1.29 is 9.47 Å². The molecule has 11 heavy (non-hydrogen) atoms. The van der Waals surface area contributed by atoms with Crippen molar-refractivity contribution in [3.8, 4) is 5.75 Å². The summed E-state index contributed by atoms with van der Waals surface area (Å²) in [4.78, 5) is 0. The highest BCUT2D eigenvalue weighted by molar-refractivity contribution is 5.22. The molecule has 58 valence electrons. The van der Waals surface area contributed by atoms with E-state index in [9.17, 15) is 0 Å². The summed E-state index contributed by atoms with van der Waals surface area (Å²) in [5.41, 5.74) is 0. The number of para-hydroxylation sites is 1. The number of rotatable bonds is 2. The van der Waals surface area contributed by atoms with Crippen molar-refractivity contribution in [1.29, 1.82) is 0 Å². The van der Waals surface area contributed by atoms with Gasteiger partial charge >= 0.3 is 0 Å². The van der Waals surface area contributed by atoms with E-state index in [4.69, 9.17) is 9.47 Å². The molecule has 0 radical (unpaired) electrons. The normalized spacial score (nSPS) is 28.1. The van der Waals surface area contributed by atoms with Crippen molar-refractivity contribution in [1.82, 2.24) is 0 Å². The van der Waals surface area contributed by atoms with Gasteiger partial charge in [0.25, 0.3) is 0 Å². The quantitative estimate of drug-likeness (QED) is 0.600. The molecule has 0 aromatic heterocycles. The molecule has 2 heteroatoms. The minimum Gasteiger partial charge on any atom is -0.460 e. The molecule has 1 aromatic carbocycles. The fourth-order valence-electron chi connectivity index (χ4n) is 0.898.